The van der Waals surface area contributed by atoms with Gasteiger partial charge in [-0.2, -0.15) is 5.10 Å². The molecule has 1 saturated heterocycles. The minimum absolute atomic E-state index is 0.0500. The molecule has 2 fully saturated rings. The molecule has 1 aliphatic heterocycles. The quantitative estimate of drug-likeness (QED) is 0.660. The number of hydrogen-bond acceptors (Lipinski definition) is 3. The zero-order chi connectivity index (χ0) is 15.4. The summed E-state index contributed by atoms with van der Waals surface area (Å²) in [6, 6.07) is 0. The number of rotatable bonds is 2. The number of alkyl halides is 2. The van der Waals surface area contributed by atoms with Gasteiger partial charge < -0.3 is 9.47 Å². The lowest BCUT2D eigenvalue weighted by Crippen LogP contribution is -2.44. The summed E-state index contributed by atoms with van der Waals surface area (Å²) in [6.07, 6.45) is 2.47. The van der Waals surface area contributed by atoms with Crippen molar-refractivity contribution in [1.29, 1.82) is 0 Å². The number of amides is 1. The molecular formula is C13H18Cl2N4OS. The fourth-order valence-corrected chi connectivity index (χ4v) is 3.91. The molecule has 1 aliphatic carbocycles. The second-order valence-corrected chi connectivity index (χ2v) is 8.12. The molecule has 0 radical (unpaired) electrons. The van der Waals surface area contributed by atoms with Gasteiger partial charge in [0.05, 0.1) is 5.41 Å². The van der Waals surface area contributed by atoms with Gasteiger partial charge in [-0.05, 0) is 38.4 Å². The summed E-state index contributed by atoms with van der Waals surface area (Å²) in [7, 11) is 1.90. The van der Waals surface area contributed by atoms with Gasteiger partial charge in [-0.3, -0.25) is 9.89 Å². The second-order valence-electron chi connectivity index (χ2n) is 6.25. The molecule has 0 spiro atoms. The zero-order valence-corrected chi connectivity index (χ0v) is 14.4. The molecule has 1 N–H and O–H groups in total. The molecule has 3 rings (SSSR count). The molecule has 2 heterocycles. The normalized spacial score (nSPS) is 31.2. The predicted octanol–water partition coefficient (Wildman–Crippen LogP) is 2.77. The van der Waals surface area contributed by atoms with Gasteiger partial charge in [-0.25, -0.2) is 0 Å². The highest BCUT2D eigenvalue weighted by atomic mass is 35.5. The summed E-state index contributed by atoms with van der Waals surface area (Å²) in [5, 5.41) is 7.10. The van der Waals surface area contributed by atoms with E-state index in [1.165, 1.54) is 0 Å². The van der Waals surface area contributed by atoms with Crippen LogP contribution in [-0.4, -0.2) is 43.0 Å². The van der Waals surface area contributed by atoms with E-state index in [1.54, 1.807) is 0 Å². The van der Waals surface area contributed by atoms with E-state index in [1.807, 2.05) is 23.4 Å². The third kappa shape index (κ3) is 2.41. The minimum Gasteiger partial charge on any atom is -0.341 e. The first kappa shape index (κ1) is 15.3. The van der Waals surface area contributed by atoms with Crippen molar-refractivity contribution in [2.45, 2.75) is 36.4 Å². The van der Waals surface area contributed by atoms with Crippen molar-refractivity contribution >= 4 is 41.3 Å². The Labute approximate surface area is 138 Å². The van der Waals surface area contributed by atoms with Crippen molar-refractivity contribution in [3.8, 4) is 0 Å². The number of carbonyl (C=O) groups is 1. The predicted molar refractivity (Wildman–Crippen MR) is 84.1 cm³/mol. The lowest BCUT2D eigenvalue weighted by Gasteiger charge is -2.34. The van der Waals surface area contributed by atoms with Gasteiger partial charge in [0, 0.05) is 26.1 Å². The Kier molecular flexibility index (Phi) is 3.62. The van der Waals surface area contributed by atoms with Crippen LogP contribution < -0.4 is 0 Å². The number of H-pyrrole nitrogens is 1. The van der Waals surface area contributed by atoms with Crippen molar-refractivity contribution in [1.82, 2.24) is 19.7 Å². The first-order valence-electron chi connectivity index (χ1n) is 7.05. The number of halogens is 2. The van der Waals surface area contributed by atoms with Crippen LogP contribution in [-0.2, 0) is 11.8 Å². The largest absolute Gasteiger partial charge is 0.341 e. The van der Waals surface area contributed by atoms with Crippen LogP contribution in [0.5, 0.6) is 0 Å². The number of carbonyl (C=O) groups excluding carboxylic acids is 1. The number of likely N-dealkylation sites (tertiary alicyclic amines) is 1. The molecule has 116 valence electrons. The monoisotopic (exact) mass is 348 g/mol. The van der Waals surface area contributed by atoms with E-state index in [4.69, 9.17) is 35.4 Å². The molecule has 2 aliphatic rings. The molecule has 0 unspecified atom stereocenters. The lowest BCUT2D eigenvalue weighted by molar-refractivity contribution is -0.137. The Hall–Kier alpha value is -0.590. The van der Waals surface area contributed by atoms with Gasteiger partial charge >= 0.3 is 0 Å². The van der Waals surface area contributed by atoms with Crippen molar-refractivity contribution < 1.29 is 4.79 Å². The van der Waals surface area contributed by atoms with E-state index in [0.29, 0.717) is 17.7 Å². The summed E-state index contributed by atoms with van der Waals surface area (Å²) in [5.74, 6) is 1.15. The summed E-state index contributed by atoms with van der Waals surface area (Å²) in [4.78, 5) is 14.5. The molecule has 5 nitrogen and oxygen atoms in total. The Morgan fingerprint density at radius 2 is 2.19 bits per heavy atom. The third-order valence-electron chi connectivity index (χ3n) is 4.72. The Morgan fingerprint density at radius 1 is 1.52 bits per heavy atom. The topological polar surface area (TPSA) is 53.9 Å². The van der Waals surface area contributed by atoms with Crippen molar-refractivity contribution in [3.05, 3.63) is 10.6 Å². The van der Waals surface area contributed by atoms with Crippen LogP contribution in [0.3, 0.4) is 0 Å². The highest BCUT2D eigenvalue weighted by Crippen LogP contribution is 2.64. The summed E-state index contributed by atoms with van der Waals surface area (Å²) in [6.45, 7) is 3.24. The molecule has 2 atom stereocenters. The molecule has 1 saturated carbocycles. The average Bonchev–Trinajstić information content (AvgIpc) is 2.78. The van der Waals surface area contributed by atoms with Crippen LogP contribution in [0.25, 0.3) is 0 Å². The van der Waals surface area contributed by atoms with Gasteiger partial charge in [-0.1, -0.05) is 0 Å². The van der Waals surface area contributed by atoms with Crippen LogP contribution in [0.15, 0.2) is 0 Å². The molecule has 1 aromatic rings. The number of hydrogen-bond donors (Lipinski definition) is 1. The second kappa shape index (κ2) is 4.96. The van der Waals surface area contributed by atoms with Crippen molar-refractivity contribution in [3.63, 3.8) is 0 Å². The lowest BCUT2D eigenvalue weighted by atomic mass is 9.95. The third-order valence-corrected chi connectivity index (χ3v) is 6.18. The van der Waals surface area contributed by atoms with E-state index in [2.05, 4.69) is 10.2 Å². The van der Waals surface area contributed by atoms with E-state index in [9.17, 15) is 4.79 Å². The Bertz CT molecular complexity index is 640. The summed E-state index contributed by atoms with van der Waals surface area (Å²) < 4.78 is 1.56. The molecule has 8 heteroatoms. The fraction of sp³-hybridized carbons (Fsp3) is 0.769. The van der Waals surface area contributed by atoms with Crippen molar-refractivity contribution in [2.75, 3.05) is 13.1 Å². The fourth-order valence-electron chi connectivity index (χ4n) is 3.08. The number of aromatic nitrogens is 3. The van der Waals surface area contributed by atoms with Crippen molar-refractivity contribution in [2.24, 2.45) is 12.5 Å². The van der Waals surface area contributed by atoms with Crippen LogP contribution in [0.1, 0.15) is 37.9 Å². The maximum Gasteiger partial charge on any atom is 0.231 e. The van der Waals surface area contributed by atoms with E-state index < -0.39 is 9.75 Å². The average molecular weight is 349 g/mol. The standard InChI is InChI=1S/C13H18Cl2N4OS/c1-12(7-13(12,14)15)10(20)19-5-3-4-8(6-19)9-16-17-11(21)18(9)2/h8H,3-7H2,1-2H3,(H,17,21)/t8-,12+/m1/s1. The van der Waals surface area contributed by atoms with E-state index in [-0.39, 0.29) is 11.8 Å². The Morgan fingerprint density at radius 3 is 2.71 bits per heavy atom. The minimum atomic E-state index is -0.915. The van der Waals surface area contributed by atoms with E-state index >= 15 is 0 Å². The zero-order valence-electron chi connectivity index (χ0n) is 12.0. The number of piperidine rings is 1. The van der Waals surface area contributed by atoms with Gasteiger partial charge in [0.15, 0.2) is 4.77 Å². The van der Waals surface area contributed by atoms with Gasteiger partial charge in [-0.15, -0.1) is 23.2 Å². The number of nitrogens with zero attached hydrogens (tertiary/aromatic N) is 3. The van der Waals surface area contributed by atoms with Gasteiger partial charge in [0.2, 0.25) is 5.91 Å². The molecule has 0 aromatic carbocycles. The highest BCUT2D eigenvalue weighted by Gasteiger charge is 2.68. The maximum atomic E-state index is 12.7. The van der Waals surface area contributed by atoms with E-state index in [0.717, 1.165) is 25.2 Å². The summed E-state index contributed by atoms with van der Waals surface area (Å²) >= 11 is 17.4. The Balaban J connectivity index is 1.76. The van der Waals surface area contributed by atoms with Gasteiger partial charge in [0.25, 0.3) is 0 Å². The molecule has 1 aromatic heterocycles. The first-order valence-corrected chi connectivity index (χ1v) is 8.21. The van der Waals surface area contributed by atoms with Crippen LogP contribution in [0.2, 0.25) is 0 Å². The molecule has 1 amide bonds. The van der Waals surface area contributed by atoms with Crippen LogP contribution >= 0.6 is 35.4 Å². The maximum absolute atomic E-state index is 12.7. The SMILES string of the molecule is Cn1c([C@@H]2CCCN(C(=O)[C@]3(C)CC3(Cl)Cl)C2)n[nH]c1=S. The molecular weight excluding hydrogens is 331 g/mol. The first-order chi connectivity index (χ1) is 9.76. The van der Waals surface area contributed by atoms with Crippen LogP contribution in [0.4, 0.5) is 0 Å². The summed E-state index contributed by atoms with van der Waals surface area (Å²) in [5.41, 5.74) is -0.644. The highest BCUT2D eigenvalue weighted by molar-refractivity contribution is 7.71. The van der Waals surface area contributed by atoms with Gasteiger partial charge in [0.1, 0.15) is 10.2 Å². The smallest absolute Gasteiger partial charge is 0.231 e. The molecule has 21 heavy (non-hydrogen) atoms. The molecule has 0 bridgehead atoms. The van der Waals surface area contributed by atoms with Crippen LogP contribution in [0, 0.1) is 10.2 Å². The number of nitrogens with one attached hydrogen (secondary N) is 1. The number of aromatic amines is 1.